The Bertz CT molecular complexity index is 1010. The largest absolute Gasteiger partial charge is 0.260 e. The van der Waals surface area contributed by atoms with E-state index in [0.717, 1.165) is 50.2 Å². The maximum absolute atomic E-state index is 4.73. The summed E-state index contributed by atoms with van der Waals surface area (Å²) in [5.41, 5.74) is 6.63. The first kappa shape index (κ1) is 17.5. The minimum absolute atomic E-state index is 0.0530. The molecule has 1 aliphatic carbocycles. The summed E-state index contributed by atoms with van der Waals surface area (Å²) in [6.07, 6.45) is 5.12. The number of aryl methyl sites for hydroxylation is 3. The van der Waals surface area contributed by atoms with Crippen LogP contribution in [-0.4, -0.2) is 20.7 Å². The van der Waals surface area contributed by atoms with Crippen LogP contribution in [0.4, 0.5) is 5.82 Å². The Hall–Kier alpha value is -1.86. The van der Waals surface area contributed by atoms with E-state index >= 15 is 0 Å². The highest BCUT2D eigenvalue weighted by molar-refractivity contribution is 7.19. The lowest BCUT2D eigenvalue weighted by Crippen LogP contribution is -2.10. The van der Waals surface area contributed by atoms with E-state index < -0.39 is 0 Å². The second kappa shape index (κ2) is 6.39. The molecule has 26 heavy (non-hydrogen) atoms. The average molecular weight is 386 g/mol. The van der Waals surface area contributed by atoms with Gasteiger partial charge in [-0.25, -0.2) is 15.0 Å². The van der Waals surface area contributed by atoms with Crippen molar-refractivity contribution in [1.29, 1.82) is 0 Å². The Morgan fingerprint density at radius 1 is 1.19 bits per heavy atom. The number of thiophene rings is 1. The van der Waals surface area contributed by atoms with Crippen molar-refractivity contribution in [3.8, 4) is 0 Å². The van der Waals surface area contributed by atoms with E-state index in [1.807, 2.05) is 6.92 Å². The summed E-state index contributed by atoms with van der Waals surface area (Å²) in [7, 11) is 0. The molecule has 0 saturated heterocycles. The van der Waals surface area contributed by atoms with Gasteiger partial charge in [-0.2, -0.15) is 5.10 Å². The summed E-state index contributed by atoms with van der Waals surface area (Å²) in [6.45, 7) is 10.6. The first-order chi connectivity index (χ1) is 12.3. The molecule has 136 valence electrons. The fourth-order valence-electron chi connectivity index (χ4n) is 3.25. The van der Waals surface area contributed by atoms with Crippen LogP contribution in [0.15, 0.2) is 11.4 Å². The van der Waals surface area contributed by atoms with Crippen molar-refractivity contribution in [2.75, 3.05) is 5.43 Å². The van der Waals surface area contributed by atoms with Crippen molar-refractivity contribution in [3.63, 3.8) is 0 Å². The molecule has 5 nitrogen and oxygen atoms in total. The molecule has 0 atom stereocenters. The monoisotopic (exact) mass is 385 g/mol. The maximum atomic E-state index is 4.73. The van der Waals surface area contributed by atoms with E-state index in [1.165, 1.54) is 16.9 Å². The third-order valence-electron chi connectivity index (χ3n) is 4.60. The number of aromatic nitrogens is 3. The lowest BCUT2D eigenvalue weighted by atomic mass is 9.98. The van der Waals surface area contributed by atoms with Gasteiger partial charge >= 0.3 is 0 Å². The van der Waals surface area contributed by atoms with Crippen molar-refractivity contribution >= 4 is 44.4 Å². The van der Waals surface area contributed by atoms with E-state index in [4.69, 9.17) is 4.98 Å². The average Bonchev–Trinajstić information content (AvgIpc) is 3.25. The van der Waals surface area contributed by atoms with Crippen molar-refractivity contribution in [3.05, 3.63) is 32.3 Å². The van der Waals surface area contributed by atoms with Crippen LogP contribution in [0.1, 0.15) is 60.1 Å². The van der Waals surface area contributed by atoms with Gasteiger partial charge in [-0.15, -0.1) is 22.7 Å². The number of nitrogens with one attached hydrogen (secondary N) is 1. The van der Waals surface area contributed by atoms with Gasteiger partial charge in [0.1, 0.15) is 11.2 Å². The Labute approximate surface area is 161 Å². The normalized spacial score (nSPS) is 14.9. The number of fused-ring (bicyclic) bond motifs is 3. The SMILES string of the molecule is C/C(=N\Nc1ncnc2sc3c(c12)CCC3)c1sc(C(C)(C)C)nc1C. The number of hydrogen-bond donors (Lipinski definition) is 1. The Kier molecular flexibility index (Phi) is 4.31. The summed E-state index contributed by atoms with van der Waals surface area (Å²) in [4.78, 5) is 17.3. The number of nitrogens with zero attached hydrogens (tertiary/aromatic N) is 4. The van der Waals surface area contributed by atoms with Gasteiger partial charge in [0.2, 0.25) is 0 Å². The molecule has 0 bridgehead atoms. The van der Waals surface area contributed by atoms with Gasteiger partial charge in [0, 0.05) is 10.3 Å². The quantitative estimate of drug-likeness (QED) is 0.504. The third-order valence-corrected chi connectivity index (χ3v) is 7.49. The molecule has 3 aromatic heterocycles. The van der Waals surface area contributed by atoms with Gasteiger partial charge in [0.15, 0.2) is 5.82 Å². The van der Waals surface area contributed by atoms with Crippen molar-refractivity contribution in [2.24, 2.45) is 5.10 Å². The minimum atomic E-state index is 0.0530. The van der Waals surface area contributed by atoms with Crippen molar-refractivity contribution < 1.29 is 0 Å². The molecular formula is C19H23N5S2. The summed E-state index contributed by atoms with van der Waals surface area (Å²) >= 11 is 3.51. The third kappa shape index (κ3) is 3.03. The standard InChI is InChI=1S/C19H23N5S2/c1-10-15(26-18(22-10)19(3,4)5)11(2)23-24-16-14-12-7-6-8-13(12)25-17(14)21-9-20-16/h9H,6-8H2,1-5H3,(H,20,21,24)/b23-11+. The lowest BCUT2D eigenvalue weighted by Gasteiger charge is -2.13. The molecule has 3 heterocycles. The predicted molar refractivity (Wildman–Crippen MR) is 111 cm³/mol. The summed E-state index contributed by atoms with van der Waals surface area (Å²) in [6, 6.07) is 0. The summed E-state index contributed by atoms with van der Waals surface area (Å²) in [5, 5.41) is 6.92. The number of hydrogen-bond acceptors (Lipinski definition) is 7. The smallest absolute Gasteiger partial charge is 0.158 e. The fourth-order valence-corrected chi connectivity index (χ4v) is 5.55. The fraction of sp³-hybridized carbons (Fsp3) is 0.474. The van der Waals surface area contributed by atoms with Crippen molar-refractivity contribution in [2.45, 2.75) is 59.3 Å². The van der Waals surface area contributed by atoms with E-state index in [2.05, 4.69) is 48.2 Å². The molecule has 0 saturated carbocycles. The van der Waals surface area contributed by atoms with Crippen molar-refractivity contribution in [1.82, 2.24) is 15.0 Å². The predicted octanol–water partition coefficient (Wildman–Crippen LogP) is 5.08. The van der Waals surface area contributed by atoms with Crippen LogP contribution in [-0.2, 0) is 18.3 Å². The van der Waals surface area contributed by atoms with Gasteiger partial charge < -0.3 is 0 Å². The first-order valence-electron chi connectivity index (χ1n) is 8.88. The number of anilines is 1. The molecule has 7 heteroatoms. The van der Waals surface area contributed by atoms with Crippen LogP contribution >= 0.6 is 22.7 Å². The van der Waals surface area contributed by atoms with Gasteiger partial charge in [-0.05, 0) is 38.7 Å². The zero-order valence-electron chi connectivity index (χ0n) is 15.8. The van der Waals surface area contributed by atoms with Crippen LogP contribution in [0.5, 0.6) is 0 Å². The van der Waals surface area contributed by atoms with E-state index in [1.54, 1.807) is 29.0 Å². The second-order valence-electron chi connectivity index (χ2n) is 7.75. The second-order valence-corrected chi connectivity index (χ2v) is 9.84. The Balaban J connectivity index is 1.67. The number of thiazole rings is 1. The Morgan fingerprint density at radius 3 is 2.73 bits per heavy atom. The highest BCUT2D eigenvalue weighted by Crippen LogP contribution is 2.39. The molecule has 3 aromatic rings. The van der Waals surface area contributed by atoms with Gasteiger partial charge in [0.25, 0.3) is 0 Å². The summed E-state index contributed by atoms with van der Waals surface area (Å²) in [5.74, 6) is 0.812. The highest BCUT2D eigenvalue weighted by Gasteiger charge is 2.22. The van der Waals surface area contributed by atoms with Gasteiger partial charge in [-0.3, -0.25) is 5.43 Å². The number of rotatable bonds is 3. The van der Waals surface area contributed by atoms with Crippen LogP contribution in [0, 0.1) is 6.92 Å². The maximum Gasteiger partial charge on any atom is 0.158 e. The van der Waals surface area contributed by atoms with E-state index in [9.17, 15) is 0 Å². The molecule has 0 aromatic carbocycles. The summed E-state index contributed by atoms with van der Waals surface area (Å²) < 4.78 is 0. The molecule has 1 N–H and O–H groups in total. The molecule has 4 rings (SSSR count). The zero-order chi connectivity index (χ0) is 18.5. The molecule has 0 aliphatic heterocycles. The molecule has 0 unspecified atom stereocenters. The first-order valence-corrected chi connectivity index (χ1v) is 10.5. The lowest BCUT2D eigenvalue weighted by molar-refractivity contribution is 0.584. The molecule has 0 spiro atoms. The topological polar surface area (TPSA) is 63.1 Å². The molecule has 0 fully saturated rings. The van der Waals surface area contributed by atoms with Gasteiger partial charge in [-0.1, -0.05) is 20.8 Å². The molecule has 1 aliphatic rings. The highest BCUT2D eigenvalue weighted by atomic mass is 32.1. The Morgan fingerprint density at radius 2 is 2.00 bits per heavy atom. The van der Waals surface area contributed by atoms with E-state index in [-0.39, 0.29) is 5.41 Å². The van der Waals surface area contributed by atoms with Gasteiger partial charge in [0.05, 0.1) is 26.7 Å². The molecule has 0 radical (unpaired) electrons. The van der Waals surface area contributed by atoms with Crippen LogP contribution < -0.4 is 5.43 Å². The van der Waals surface area contributed by atoms with E-state index in [0.29, 0.717) is 0 Å². The molecule has 0 amide bonds. The van der Waals surface area contributed by atoms with Crippen LogP contribution in [0.25, 0.3) is 10.2 Å². The number of hydrazone groups is 1. The molecular weight excluding hydrogens is 362 g/mol. The zero-order valence-corrected chi connectivity index (χ0v) is 17.4. The van der Waals surface area contributed by atoms with Crippen LogP contribution in [0.2, 0.25) is 0 Å². The van der Waals surface area contributed by atoms with Crippen LogP contribution in [0.3, 0.4) is 0 Å². The minimum Gasteiger partial charge on any atom is -0.260 e.